The first-order chi connectivity index (χ1) is 14.6. The van der Waals surface area contributed by atoms with Crippen molar-refractivity contribution in [1.29, 1.82) is 0 Å². The van der Waals surface area contributed by atoms with E-state index in [9.17, 15) is 9.35 Å². The first kappa shape index (κ1) is 19.2. The standard InChI is InChI=1S/C25H22O4S/c26-25(27)22-15-21(22)16-9-11-17(12-10-16)29-23-14-13-20-19(23)7-4-8-24(20)30(28)18-5-2-1-3-6-18/h1-12,21-23H,13-15H2,(H,26,27)/t21?,22?,23-,30?/m1/s1. The summed E-state index contributed by atoms with van der Waals surface area (Å²) >= 11 is -1.20. The monoisotopic (exact) mass is 418 g/mol. The summed E-state index contributed by atoms with van der Waals surface area (Å²) in [5.41, 5.74) is 3.29. The van der Waals surface area contributed by atoms with Crippen LogP contribution in [0.5, 0.6) is 5.75 Å². The van der Waals surface area contributed by atoms with E-state index in [-0.39, 0.29) is 17.9 Å². The molecule has 1 fully saturated rings. The number of carbonyl (C=O) groups is 1. The van der Waals surface area contributed by atoms with E-state index in [2.05, 4.69) is 6.07 Å². The van der Waals surface area contributed by atoms with Gasteiger partial charge in [-0.1, -0.05) is 42.5 Å². The molecule has 4 atom stereocenters. The van der Waals surface area contributed by atoms with Crippen LogP contribution in [0.1, 0.15) is 41.6 Å². The van der Waals surface area contributed by atoms with Gasteiger partial charge in [0.2, 0.25) is 0 Å². The average Bonchev–Trinajstić information content (AvgIpc) is 3.49. The lowest BCUT2D eigenvalue weighted by Gasteiger charge is -2.17. The number of ether oxygens (including phenoxy) is 1. The molecule has 2 aliphatic carbocycles. The zero-order valence-electron chi connectivity index (χ0n) is 16.4. The normalized spacial score (nSPS) is 22.9. The van der Waals surface area contributed by atoms with Gasteiger partial charge in [0.1, 0.15) is 11.9 Å². The maximum Gasteiger partial charge on any atom is 0.307 e. The van der Waals surface area contributed by atoms with E-state index in [4.69, 9.17) is 9.84 Å². The van der Waals surface area contributed by atoms with Gasteiger partial charge in [0.25, 0.3) is 0 Å². The van der Waals surface area contributed by atoms with E-state index in [1.54, 1.807) is 0 Å². The molecular formula is C25H22O4S. The van der Waals surface area contributed by atoms with E-state index < -0.39 is 17.1 Å². The van der Waals surface area contributed by atoms with Crippen LogP contribution in [0.15, 0.2) is 82.6 Å². The van der Waals surface area contributed by atoms with Crippen LogP contribution >= 0.6 is 0 Å². The molecule has 0 saturated heterocycles. The molecule has 3 aromatic rings. The molecule has 2 aliphatic rings. The molecule has 0 bridgehead atoms. The fraction of sp³-hybridized carbons (Fsp3) is 0.240. The van der Waals surface area contributed by atoms with E-state index in [1.165, 1.54) is 0 Å². The molecule has 152 valence electrons. The lowest BCUT2D eigenvalue weighted by atomic mass is 10.1. The molecule has 3 aromatic carbocycles. The minimum absolute atomic E-state index is 0.0636. The van der Waals surface area contributed by atoms with Gasteiger partial charge in [-0.15, -0.1) is 0 Å². The summed E-state index contributed by atoms with van der Waals surface area (Å²) < 4.78 is 19.3. The summed E-state index contributed by atoms with van der Waals surface area (Å²) in [7, 11) is 0. The average molecular weight is 419 g/mol. The lowest BCUT2D eigenvalue weighted by Crippen LogP contribution is -2.07. The van der Waals surface area contributed by atoms with Crippen molar-refractivity contribution < 1.29 is 19.2 Å². The number of carboxylic acid groups (broad SMARTS) is 1. The van der Waals surface area contributed by atoms with Crippen LogP contribution in [-0.2, 0) is 22.4 Å². The predicted octanol–water partition coefficient (Wildman–Crippen LogP) is 5.11. The van der Waals surface area contributed by atoms with Gasteiger partial charge < -0.3 is 14.4 Å². The number of aliphatic carboxylic acids is 1. The van der Waals surface area contributed by atoms with Crippen molar-refractivity contribution >= 4 is 17.1 Å². The number of rotatable bonds is 6. The molecule has 0 amide bonds. The van der Waals surface area contributed by atoms with Gasteiger partial charge in [-0.3, -0.25) is 4.79 Å². The van der Waals surface area contributed by atoms with Crippen molar-refractivity contribution in [2.75, 3.05) is 0 Å². The summed E-state index contributed by atoms with van der Waals surface area (Å²) in [6, 6.07) is 23.3. The van der Waals surface area contributed by atoms with Gasteiger partial charge in [-0.2, -0.15) is 0 Å². The van der Waals surface area contributed by atoms with E-state index in [0.717, 1.165) is 45.1 Å². The van der Waals surface area contributed by atoms with Gasteiger partial charge in [-0.25, -0.2) is 0 Å². The Balaban J connectivity index is 1.33. The maximum atomic E-state index is 13.1. The fourth-order valence-corrected chi connectivity index (χ4v) is 5.65. The highest BCUT2D eigenvalue weighted by atomic mass is 32.2. The van der Waals surface area contributed by atoms with Crippen molar-refractivity contribution in [1.82, 2.24) is 0 Å². The maximum absolute atomic E-state index is 13.1. The van der Waals surface area contributed by atoms with Crippen molar-refractivity contribution in [3.8, 4) is 5.75 Å². The highest BCUT2D eigenvalue weighted by Crippen LogP contribution is 2.48. The Morgan fingerprint density at radius 2 is 1.77 bits per heavy atom. The number of carboxylic acids is 1. The first-order valence-corrected chi connectivity index (χ1v) is 11.3. The fourth-order valence-electron chi connectivity index (χ4n) is 4.34. The van der Waals surface area contributed by atoms with E-state index >= 15 is 0 Å². The van der Waals surface area contributed by atoms with Crippen molar-refractivity contribution in [3.63, 3.8) is 0 Å². The van der Waals surface area contributed by atoms with Crippen molar-refractivity contribution in [2.45, 2.75) is 41.1 Å². The zero-order valence-corrected chi connectivity index (χ0v) is 17.2. The van der Waals surface area contributed by atoms with E-state index in [1.807, 2.05) is 66.7 Å². The molecule has 5 heteroatoms. The third-order valence-corrected chi connectivity index (χ3v) is 7.51. The summed E-state index contributed by atoms with van der Waals surface area (Å²) in [6.07, 6.45) is 2.34. The molecular weight excluding hydrogens is 396 g/mol. The van der Waals surface area contributed by atoms with Gasteiger partial charge >= 0.3 is 5.97 Å². The van der Waals surface area contributed by atoms with Gasteiger partial charge in [0.15, 0.2) is 9.79 Å². The molecule has 0 aliphatic heterocycles. The number of benzene rings is 3. The third kappa shape index (κ3) is 3.59. The highest BCUT2D eigenvalue weighted by Gasteiger charge is 2.44. The Bertz CT molecular complexity index is 1060. The molecule has 0 aromatic heterocycles. The third-order valence-electron chi connectivity index (χ3n) is 6.02. The minimum Gasteiger partial charge on any atom is -0.606 e. The van der Waals surface area contributed by atoms with Crippen LogP contribution in [0.25, 0.3) is 0 Å². The SMILES string of the molecule is O=C(O)C1CC1c1ccc(O[C@@H]2CCc3c2cccc3[S+]([O-])c2ccccc2)cc1. The Kier molecular flexibility index (Phi) is 5.01. The zero-order chi connectivity index (χ0) is 20.7. The number of hydrogen-bond acceptors (Lipinski definition) is 3. The molecule has 4 nitrogen and oxygen atoms in total. The van der Waals surface area contributed by atoms with Gasteiger partial charge in [0.05, 0.1) is 5.92 Å². The lowest BCUT2D eigenvalue weighted by molar-refractivity contribution is -0.138. The summed E-state index contributed by atoms with van der Waals surface area (Å²) in [4.78, 5) is 12.8. The van der Waals surface area contributed by atoms with Crippen LogP contribution in [-0.4, -0.2) is 15.6 Å². The molecule has 1 N–H and O–H groups in total. The van der Waals surface area contributed by atoms with Crippen LogP contribution < -0.4 is 4.74 Å². The summed E-state index contributed by atoms with van der Waals surface area (Å²) in [5.74, 6) is -0.0630. The highest BCUT2D eigenvalue weighted by molar-refractivity contribution is 7.91. The summed E-state index contributed by atoms with van der Waals surface area (Å²) in [6.45, 7) is 0. The van der Waals surface area contributed by atoms with E-state index in [0.29, 0.717) is 6.42 Å². The van der Waals surface area contributed by atoms with Crippen molar-refractivity contribution in [3.05, 3.63) is 89.5 Å². The van der Waals surface area contributed by atoms with Gasteiger partial charge in [-0.05, 0) is 61.1 Å². The Labute approximate surface area is 178 Å². The number of fused-ring (bicyclic) bond motifs is 1. The Hall–Kier alpha value is -2.76. The largest absolute Gasteiger partial charge is 0.606 e. The quantitative estimate of drug-likeness (QED) is 0.565. The molecule has 0 heterocycles. The molecule has 3 unspecified atom stereocenters. The molecule has 0 spiro atoms. The molecule has 30 heavy (non-hydrogen) atoms. The second-order valence-electron chi connectivity index (χ2n) is 7.91. The predicted molar refractivity (Wildman–Crippen MR) is 114 cm³/mol. The second kappa shape index (κ2) is 7.82. The van der Waals surface area contributed by atoms with Gasteiger partial charge in [0, 0.05) is 22.3 Å². The van der Waals surface area contributed by atoms with Crippen LogP contribution in [0.4, 0.5) is 0 Å². The first-order valence-electron chi connectivity index (χ1n) is 10.2. The second-order valence-corrected chi connectivity index (χ2v) is 9.36. The van der Waals surface area contributed by atoms with Crippen LogP contribution in [0, 0.1) is 5.92 Å². The minimum atomic E-state index is -1.20. The Morgan fingerprint density at radius 3 is 2.47 bits per heavy atom. The number of hydrogen-bond donors (Lipinski definition) is 1. The Morgan fingerprint density at radius 1 is 1.00 bits per heavy atom. The van der Waals surface area contributed by atoms with Crippen LogP contribution in [0.3, 0.4) is 0 Å². The topological polar surface area (TPSA) is 69.6 Å². The van der Waals surface area contributed by atoms with Crippen LogP contribution in [0.2, 0.25) is 0 Å². The molecule has 1 saturated carbocycles. The smallest absolute Gasteiger partial charge is 0.307 e. The molecule has 0 radical (unpaired) electrons. The summed E-state index contributed by atoms with van der Waals surface area (Å²) in [5, 5.41) is 9.11. The van der Waals surface area contributed by atoms with Crippen molar-refractivity contribution in [2.24, 2.45) is 5.92 Å². The molecule has 5 rings (SSSR count).